The molecule has 0 aliphatic carbocycles. The summed E-state index contributed by atoms with van der Waals surface area (Å²) in [5, 5.41) is 10.1. The van der Waals surface area contributed by atoms with Gasteiger partial charge in [-0.25, -0.2) is 0 Å². The fourth-order valence-corrected chi connectivity index (χ4v) is 7.42. The molecular weight excluding hydrogens is 470 g/mol. The summed E-state index contributed by atoms with van der Waals surface area (Å²) in [7, 11) is 0. The van der Waals surface area contributed by atoms with Crippen LogP contribution in [0.4, 0.5) is 0 Å². The van der Waals surface area contributed by atoms with Crippen LogP contribution < -0.4 is 0 Å². The van der Waals surface area contributed by atoms with Gasteiger partial charge in [0.25, 0.3) is 0 Å². The standard InChI is InChI=1S/C34H19NOS/c1-2-9-21-19-31-25(18-20(21)8-1)22-12-7-14-28(34(22)37-31)35-26-13-5-3-10-23(26)32-27(35)16-17-30-33(32)24-11-4-6-15-29(24)36-30/h1-19H. The molecule has 37 heavy (non-hydrogen) atoms. The highest BCUT2D eigenvalue weighted by Gasteiger charge is 2.20. The molecule has 9 rings (SSSR count). The van der Waals surface area contributed by atoms with Crippen molar-refractivity contribution in [2.75, 3.05) is 0 Å². The fourth-order valence-electron chi connectivity index (χ4n) is 6.18. The van der Waals surface area contributed by atoms with Crippen molar-refractivity contribution in [2.24, 2.45) is 0 Å². The second-order valence-electron chi connectivity index (χ2n) is 9.74. The van der Waals surface area contributed by atoms with Gasteiger partial charge in [-0.15, -0.1) is 11.3 Å². The van der Waals surface area contributed by atoms with Gasteiger partial charge < -0.3 is 8.98 Å². The number of furan rings is 1. The van der Waals surface area contributed by atoms with Crippen molar-refractivity contribution in [3.05, 3.63) is 115 Å². The Hall–Kier alpha value is -4.60. The minimum atomic E-state index is 0.931. The quantitative estimate of drug-likeness (QED) is 0.224. The van der Waals surface area contributed by atoms with Gasteiger partial charge in [-0.3, -0.25) is 0 Å². The third-order valence-corrected chi connectivity index (χ3v) is 8.95. The summed E-state index contributed by atoms with van der Waals surface area (Å²) in [6, 6.07) is 41.5. The lowest BCUT2D eigenvalue weighted by Crippen LogP contribution is -1.93. The molecule has 9 aromatic rings. The van der Waals surface area contributed by atoms with E-state index in [1.54, 1.807) is 0 Å². The van der Waals surface area contributed by atoms with Crippen molar-refractivity contribution in [1.82, 2.24) is 4.57 Å². The lowest BCUT2D eigenvalue weighted by Gasteiger charge is -2.09. The smallest absolute Gasteiger partial charge is 0.136 e. The van der Waals surface area contributed by atoms with Gasteiger partial charge in [0.05, 0.1) is 21.4 Å². The van der Waals surface area contributed by atoms with Crippen LogP contribution in [0.2, 0.25) is 0 Å². The molecule has 0 aliphatic heterocycles. The van der Waals surface area contributed by atoms with Crippen LogP contribution >= 0.6 is 11.3 Å². The van der Waals surface area contributed by atoms with E-state index in [-0.39, 0.29) is 0 Å². The Labute approximate surface area is 215 Å². The molecule has 0 saturated heterocycles. The number of thiophene rings is 1. The minimum Gasteiger partial charge on any atom is -0.456 e. The van der Waals surface area contributed by atoms with Crippen LogP contribution in [0.25, 0.3) is 80.4 Å². The SMILES string of the molecule is c1ccc2cc3c(cc2c1)sc1c(-n2c4ccccc4c4c5c(ccc42)oc2ccccc25)cccc13. The average molecular weight is 490 g/mol. The Balaban J connectivity index is 1.46. The van der Waals surface area contributed by atoms with E-state index in [1.807, 2.05) is 17.4 Å². The van der Waals surface area contributed by atoms with Gasteiger partial charge in [-0.05, 0) is 53.2 Å². The van der Waals surface area contributed by atoms with Gasteiger partial charge in [-0.1, -0.05) is 72.8 Å². The Kier molecular flexibility index (Phi) is 3.70. The van der Waals surface area contributed by atoms with Crippen molar-refractivity contribution in [3.8, 4) is 5.69 Å². The molecule has 2 nitrogen and oxygen atoms in total. The van der Waals surface area contributed by atoms with E-state index in [0.717, 1.165) is 16.6 Å². The fraction of sp³-hybridized carbons (Fsp3) is 0. The molecule has 0 bridgehead atoms. The van der Waals surface area contributed by atoms with Crippen molar-refractivity contribution >= 4 is 86.0 Å². The van der Waals surface area contributed by atoms with Crippen LogP contribution in [0.1, 0.15) is 0 Å². The first-order valence-corrected chi connectivity index (χ1v) is 13.3. The number of hydrogen-bond acceptors (Lipinski definition) is 2. The van der Waals surface area contributed by atoms with E-state index < -0.39 is 0 Å². The summed E-state index contributed by atoms with van der Waals surface area (Å²) in [5.74, 6) is 0. The van der Waals surface area contributed by atoms with Gasteiger partial charge in [-0.2, -0.15) is 0 Å². The van der Waals surface area contributed by atoms with Crippen LogP contribution in [-0.2, 0) is 0 Å². The Morgan fingerprint density at radius 3 is 2.19 bits per heavy atom. The zero-order valence-electron chi connectivity index (χ0n) is 19.7. The molecule has 0 atom stereocenters. The highest BCUT2D eigenvalue weighted by atomic mass is 32.1. The lowest BCUT2D eigenvalue weighted by atomic mass is 10.1. The van der Waals surface area contributed by atoms with Crippen molar-refractivity contribution in [3.63, 3.8) is 0 Å². The van der Waals surface area contributed by atoms with Crippen molar-refractivity contribution in [2.45, 2.75) is 0 Å². The van der Waals surface area contributed by atoms with Crippen molar-refractivity contribution < 1.29 is 4.42 Å². The number of aromatic nitrogens is 1. The zero-order chi connectivity index (χ0) is 24.1. The molecule has 3 aromatic heterocycles. The van der Waals surface area contributed by atoms with E-state index in [0.29, 0.717) is 0 Å². The van der Waals surface area contributed by atoms with Gasteiger partial charge in [0.15, 0.2) is 0 Å². The predicted octanol–water partition coefficient (Wildman–Crippen LogP) is 10.2. The monoisotopic (exact) mass is 489 g/mol. The average Bonchev–Trinajstić information content (AvgIpc) is 3.60. The minimum absolute atomic E-state index is 0.931. The molecular formula is C34H19NOS. The Morgan fingerprint density at radius 2 is 1.27 bits per heavy atom. The number of benzene rings is 6. The first-order valence-electron chi connectivity index (χ1n) is 12.5. The molecule has 3 heteroatoms. The van der Waals surface area contributed by atoms with E-state index in [9.17, 15) is 0 Å². The molecule has 3 heterocycles. The molecule has 0 saturated carbocycles. The second-order valence-corrected chi connectivity index (χ2v) is 10.8. The Bertz CT molecular complexity index is 2370. The summed E-state index contributed by atoms with van der Waals surface area (Å²) in [6.07, 6.45) is 0. The number of rotatable bonds is 1. The molecule has 0 spiro atoms. The summed E-state index contributed by atoms with van der Waals surface area (Å²) < 4.78 is 11.3. The topological polar surface area (TPSA) is 18.1 Å². The summed E-state index contributed by atoms with van der Waals surface area (Å²) in [5.41, 5.74) is 5.51. The molecule has 0 amide bonds. The number of hydrogen-bond donors (Lipinski definition) is 0. The largest absolute Gasteiger partial charge is 0.456 e. The summed E-state index contributed by atoms with van der Waals surface area (Å²) >= 11 is 1.89. The summed E-state index contributed by atoms with van der Waals surface area (Å²) in [4.78, 5) is 0. The number of para-hydroxylation sites is 2. The normalized spacial score (nSPS) is 12.3. The van der Waals surface area contributed by atoms with E-state index in [2.05, 4.69) is 114 Å². The van der Waals surface area contributed by atoms with Crippen LogP contribution in [0.3, 0.4) is 0 Å². The maximum atomic E-state index is 6.27. The van der Waals surface area contributed by atoms with Crippen LogP contribution in [0.5, 0.6) is 0 Å². The molecule has 0 unspecified atom stereocenters. The second kappa shape index (κ2) is 7.00. The molecule has 0 N–H and O–H groups in total. The van der Waals surface area contributed by atoms with E-state index in [1.165, 1.54) is 63.8 Å². The molecule has 0 aliphatic rings. The van der Waals surface area contributed by atoms with Crippen LogP contribution in [-0.4, -0.2) is 4.57 Å². The van der Waals surface area contributed by atoms with Crippen LogP contribution in [0.15, 0.2) is 120 Å². The first kappa shape index (κ1) is 19.6. The third kappa shape index (κ3) is 2.54. The maximum Gasteiger partial charge on any atom is 0.136 e. The van der Waals surface area contributed by atoms with E-state index in [4.69, 9.17) is 4.42 Å². The molecule has 6 aromatic carbocycles. The third-order valence-electron chi connectivity index (χ3n) is 7.76. The summed E-state index contributed by atoms with van der Waals surface area (Å²) in [6.45, 7) is 0. The molecule has 172 valence electrons. The highest BCUT2D eigenvalue weighted by molar-refractivity contribution is 7.26. The lowest BCUT2D eigenvalue weighted by molar-refractivity contribution is 0.669. The van der Waals surface area contributed by atoms with Gasteiger partial charge in [0.1, 0.15) is 11.2 Å². The number of nitrogens with zero attached hydrogens (tertiary/aromatic N) is 1. The molecule has 0 fully saturated rings. The zero-order valence-corrected chi connectivity index (χ0v) is 20.5. The van der Waals surface area contributed by atoms with Crippen LogP contribution in [0, 0.1) is 0 Å². The first-order chi connectivity index (χ1) is 18.3. The van der Waals surface area contributed by atoms with Gasteiger partial charge in [0.2, 0.25) is 0 Å². The molecule has 0 radical (unpaired) electrons. The predicted molar refractivity (Wildman–Crippen MR) is 158 cm³/mol. The van der Waals surface area contributed by atoms with E-state index >= 15 is 0 Å². The van der Waals surface area contributed by atoms with Gasteiger partial charge >= 0.3 is 0 Å². The van der Waals surface area contributed by atoms with Gasteiger partial charge in [0, 0.05) is 37.0 Å². The maximum absolute atomic E-state index is 6.27. The number of fused-ring (bicyclic) bond motifs is 11. The Morgan fingerprint density at radius 1 is 0.514 bits per heavy atom. The highest BCUT2D eigenvalue weighted by Crippen LogP contribution is 2.44. The van der Waals surface area contributed by atoms with Crippen molar-refractivity contribution in [1.29, 1.82) is 0 Å².